The first-order chi connectivity index (χ1) is 23.9. The number of nitrogens with one attached hydrogen (secondary N) is 2. The average Bonchev–Trinajstić information content (AvgIpc) is 3.56. The van der Waals surface area contributed by atoms with Crippen LogP contribution >= 0.6 is 0 Å². The van der Waals surface area contributed by atoms with Crippen LogP contribution in [0.1, 0.15) is 11.4 Å². The van der Waals surface area contributed by atoms with Crippen LogP contribution in [0.25, 0.3) is 11.4 Å². The van der Waals surface area contributed by atoms with Crippen molar-refractivity contribution < 1.29 is 36.8 Å². The van der Waals surface area contributed by atoms with Gasteiger partial charge in [-0.25, -0.2) is 9.36 Å². The summed E-state index contributed by atoms with van der Waals surface area (Å²) in [7, 11) is 0. The van der Waals surface area contributed by atoms with E-state index in [9.17, 15) is 40.0 Å². The second-order valence-corrected chi connectivity index (χ2v) is 10.4. The molecule has 4 aromatic carbocycles. The zero-order valence-electron chi connectivity index (χ0n) is 26.5. The van der Waals surface area contributed by atoms with Crippen LogP contribution in [0.5, 0.6) is 11.5 Å². The molecule has 2 aromatic heterocycles. The smallest absolute Gasteiger partial charge is 0.871 e. The SMILES string of the molecule is Cc1[nH]n(-c2ccccc2)c(=O)c1N=Nc1cc([N+](=O)[O-])ccc1O.Cc1[nH]n(-c2ccccc2)c(=O)c1N=Nc1cc([N+](=O)[O-])ccc1[O-].[Co+3]. The average molecular weight is 737 g/mol. The summed E-state index contributed by atoms with van der Waals surface area (Å²) in [6.45, 7) is 3.29. The van der Waals surface area contributed by atoms with E-state index in [1.807, 2.05) is 12.1 Å². The number of nitro groups is 2. The molecule has 19 heteroatoms. The second kappa shape index (κ2) is 15.9. The maximum absolute atomic E-state index is 12.5. The number of non-ortho nitro benzene ring substituents is 2. The van der Waals surface area contributed by atoms with Crippen LogP contribution in [0.2, 0.25) is 0 Å². The van der Waals surface area contributed by atoms with Crippen LogP contribution in [0, 0.1) is 34.1 Å². The fraction of sp³-hybridized carbons (Fsp3) is 0.0625. The Morgan fingerprint density at radius 2 is 1.04 bits per heavy atom. The number of hydrogen-bond acceptors (Lipinski definition) is 12. The number of aromatic nitrogens is 4. The number of phenols is 1. The second-order valence-electron chi connectivity index (χ2n) is 10.4. The van der Waals surface area contributed by atoms with Crippen LogP contribution in [0.3, 0.4) is 0 Å². The molecule has 0 radical (unpaired) electrons. The number of rotatable bonds is 8. The Morgan fingerprint density at radius 3 is 1.49 bits per heavy atom. The molecule has 0 aliphatic rings. The number of aryl methyl sites for hydroxylation is 2. The maximum Gasteiger partial charge on any atom is 3.00 e. The van der Waals surface area contributed by atoms with Gasteiger partial charge in [0.25, 0.3) is 22.5 Å². The van der Waals surface area contributed by atoms with Crippen molar-refractivity contribution in [3.8, 4) is 22.9 Å². The van der Waals surface area contributed by atoms with E-state index in [4.69, 9.17) is 0 Å². The summed E-state index contributed by atoms with van der Waals surface area (Å²) in [4.78, 5) is 45.3. The van der Waals surface area contributed by atoms with E-state index < -0.39 is 26.7 Å². The summed E-state index contributed by atoms with van der Waals surface area (Å²) in [6, 6.07) is 24.3. The molecular weight excluding hydrogens is 711 g/mol. The van der Waals surface area contributed by atoms with Gasteiger partial charge in [0.05, 0.1) is 38.3 Å². The van der Waals surface area contributed by atoms with Gasteiger partial charge in [0.1, 0.15) is 11.4 Å². The third-order valence-electron chi connectivity index (χ3n) is 6.95. The summed E-state index contributed by atoms with van der Waals surface area (Å²) >= 11 is 0. The van der Waals surface area contributed by atoms with Gasteiger partial charge in [-0.3, -0.25) is 40.0 Å². The van der Waals surface area contributed by atoms with Gasteiger partial charge in [0.2, 0.25) is 0 Å². The molecule has 0 bridgehead atoms. The minimum absolute atomic E-state index is 0. The summed E-state index contributed by atoms with van der Waals surface area (Å²) < 4.78 is 2.62. The van der Waals surface area contributed by atoms with Crippen molar-refractivity contribution in [3.05, 3.63) is 149 Å². The standard InChI is InChI=1S/2C16H13N5O4.Co/c2*1-10-15(16(23)20(19-10)11-5-3-2-4-6-11)18-17-13-9-12(21(24)25)7-8-14(13)22;/h2*2-9,19,22H,1H3;/q;;+3/p-1. The van der Waals surface area contributed by atoms with Gasteiger partial charge >= 0.3 is 16.8 Å². The van der Waals surface area contributed by atoms with E-state index in [-0.39, 0.29) is 56.7 Å². The van der Waals surface area contributed by atoms with Gasteiger partial charge in [-0.15, -0.1) is 15.3 Å². The van der Waals surface area contributed by atoms with E-state index in [1.165, 1.54) is 9.36 Å². The maximum atomic E-state index is 12.5. The molecule has 0 amide bonds. The molecular formula is C32H25CoN10O8+2. The number of benzene rings is 4. The van der Waals surface area contributed by atoms with Crippen molar-refractivity contribution in [2.24, 2.45) is 20.5 Å². The predicted octanol–water partition coefficient (Wildman–Crippen LogP) is 6.37. The normalized spacial score (nSPS) is 10.9. The number of nitrogens with zero attached hydrogens (tertiary/aromatic N) is 8. The van der Waals surface area contributed by atoms with Crippen LogP contribution in [0.4, 0.5) is 34.1 Å². The summed E-state index contributed by atoms with van der Waals surface area (Å²) in [5.74, 6) is -0.795. The Hall–Kier alpha value is -6.99. The Morgan fingerprint density at radius 1 is 0.627 bits per heavy atom. The van der Waals surface area contributed by atoms with Crippen LogP contribution < -0.4 is 16.2 Å². The molecule has 6 aromatic rings. The molecule has 0 saturated heterocycles. The minimum atomic E-state index is -0.637. The van der Waals surface area contributed by atoms with Gasteiger partial charge in [0, 0.05) is 24.3 Å². The molecule has 0 spiro atoms. The molecule has 0 unspecified atom stereocenters. The minimum Gasteiger partial charge on any atom is -0.871 e. The van der Waals surface area contributed by atoms with Gasteiger partial charge < -0.3 is 10.2 Å². The van der Waals surface area contributed by atoms with Gasteiger partial charge in [-0.2, -0.15) is 5.11 Å². The van der Waals surface area contributed by atoms with Crippen molar-refractivity contribution in [3.63, 3.8) is 0 Å². The number of H-pyrrole nitrogens is 2. The fourth-order valence-electron chi connectivity index (χ4n) is 4.44. The van der Waals surface area contributed by atoms with Crippen molar-refractivity contribution in [2.75, 3.05) is 0 Å². The van der Waals surface area contributed by atoms with Crippen LogP contribution in [-0.2, 0) is 16.8 Å². The van der Waals surface area contributed by atoms with Crippen molar-refractivity contribution in [1.29, 1.82) is 0 Å². The summed E-state index contributed by atoms with van der Waals surface area (Å²) in [5, 5.41) is 64.0. The van der Waals surface area contributed by atoms with Crippen LogP contribution in [0.15, 0.2) is 127 Å². The molecule has 51 heavy (non-hydrogen) atoms. The number of aromatic hydroxyl groups is 1. The number of aromatic amines is 2. The van der Waals surface area contributed by atoms with E-state index in [1.54, 1.807) is 62.4 Å². The van der Waals surface area contributed by atoms with E-state index in [2.05, 4.69) is 30.7 Å². The van der Waals surface area contributed by atoms with Crippen LogP contribution in [-0.4, -0.2) is 34.5 Å². The number of phenolic OH excluding ortho intramolecular Hbond substituents is 1. The molecule has 0 fully saturated rings. The Bertz CT molecular complexity index is 2220. The monoisotopic (exact) mass is 736 g/mol. The van der Waals surface area contributed by atoms with E-state index in [0.29, 0.717) is 22.8 Å². The quantitative estimate of drug-likeness (QED) is 0.0896. The summed E-state index contributed by atoms with van der Waals surface area (Å²) in [6.07, 6.45) is 0. The zero-order valence-corrected chi connectivity index (χ0v) is 27.5. The van der Waals surface area contributed by atoms with Gasteiger partial charge in [-0.1, -0.05) is 48.2 Å². The third kappa shape index (κ3) is 8.36. The molecule has 2 heterocycles. The summed E-state index contributed by atoms with van der Waals surface area (Å²) in [5.41, 5.74) is 0.582. The Balaban J connectivity index is 0.000000224. The Labute approximate surface area is 296 Å². The molecule has 0 atom stereocenters. The molecule has 0 saturated carbocycles. The van der Waals surface area contributed by atoms with E-state index >= 15 is 0 Å². The van der Waals surface area contributed by atoms with Gasteiger partial charge in [-0.05, 0) is 44.2 Å². The third-order valence-corrected chi connectivity index (χ3v) is 6.95. The zero-order chi connectivity index (χ0) is 35.9. The number of hydrogen-bond donors (Lipinski definition) is 3. The molecule has 18 nitrogen and oxygen atoms in total. The molecule has 258 valence electrons. The van der Waals surface area contributed by atoms with E-state index in [0.717, 1.165) is 36.4 Å². The number of nitro benzene ring substituents is 2. The Kier molecular flexibility index (Phi) is 11.5. The molecule has 3 N–H and O–H groups in total. The molecule has 6 rings (SSSR count). The predicted molar refractivity (Wildman–Crippen MR) is 178 cm³/mol. The molecule has 0 aliphatic heterocycles. The first-order valence-electron chi connectivity index (χ1n) is 14.4. The fourth-order valence-corrected chi connectivity index (χ4v) is 4.44. The number of para-hydroxylation sites is 2. The number of azo groups is 2. The van der Waals surface area contributed by atoms with Crippen molar-refractivity contribution in [1.82, 2.24) is 19.6 Å². The first-order valence-corrected chi connectivity index (χ1v) is 14.4. The van der Waals surface area contributed by atoms with Crippen molar-refractivity contribution in [2.45, 2.75) is 13.8 Å². The topological polar surface area (TPSA) is 255 Å². The largest absolute Gasteiger partial charge is 3.00 e. The molecule has 0 aliphatic carbocycles. The van der Waals surface area contributed by atoms with Crippen molar-refractivity contribution >= 4 is 34.1 Å². The first kappa shape index (κ1) is 36.8. The van der Waals surface area contributed by atoms with Gasteiger partial charge in [0.15, 0.2) is 11.4 Å².